The average Bonchev–Trinajstić information content (AvgIpc) is 2.94. The number of aryl methyl sites for hydroxylation is 2. The summed E-state index contributed by atoms with van der Waals surface area (Å²) in [7, 11) is -3.45. The lowest BCUT2D eigenvalue weighted by Gasteiger charge is -2.19. The predicted octanol–water partition coefficient (Wildman–Crippen LogP) is 1.94. The molecular weight excluding hydrogens is 368 g/mol. The number of ether oxygens (including phenoxy) is 1. The summed E-state index contributed by atoms with van der Waals surface area (Å²) in [6, 6.07) is 8.27. The molecule has 0 saturated heterocycles. The highest BCUT2D eigenvalue weighted by Gasteiger charge is 2.20. The summed E-state index contributed by atoms with van der Waals surface area (Å²) in [5.74, 6) is 0.520. The van der Waals surface area contributed by atoms with Gasteiger partial charge in [0, 0.05) is 36.8 Å². The molecule has 1 heterocycles. The highest BCUT2D eigenvalue weighted by atomic mass is 32.2. The smallest absolute Gasteiger partial charge is 0.248 e. The van der Waals surface area contributed by atoms with Crippen molar-refractivity contribution in [1.82, 2.24) is 9.78 Å². The summed E-state index contributed by atoms with van der Waals surface area (Å²) < 4.78 is 33.1. The molecule has 0 atom stereocenters. The number of hydrogen-bond acceptors (Lipinski definition) is 5. The lowest BCUT2D eigenvalue weighted by atomic mass is 10.2. The first-order valence-electron chi connectivity index (χ1n) is 8.77. The third-order valence-corrected chi connectivity index (χ3v) is 5.14. The summed E-state index contributed by atoms with van der Waals surface area (Å²) in [4.78, 5) is 11.1. The van der Waals surface area contributed by atoms with Crippen LogP contribution in [-0.2, 0) is 16.6 Å². The van der Waals surface area contributed by atoms with E-state index in [2.05, 4.69) is 5.10 Å². The van der Waals surface area contributed by atoms with Gasteiger partial charge in [-0.25, -0.2) is 8.42 Å². The van der Waals surface area contributed by atoms with Crippen molar-refractivity contribution in [3.05, 3.63) is 41.6 Å². The molecule has 2 aromatic rings. The third kappa shape index (κ3) is 5.72. The average molecular weight is 394 g/mol. The number of carbonyl (C=O) groups excluding carboxylic acids is 1. The lowest BCUT2D eigenvalue weighted by molar-refractivity contribution is 0.1000. The van der Waals surface area contributed by atoms with Gasteiger partial charge >= 0.3 is 0 Å². The van der Waals surface area contributed by atoms with Crippen LogP contribution in [0.2, 0.25) is 0 Å². The fourth-order valence-electron chi connectivity index (χ4n) is 2.62. The van der Waals surface area contributed by atoms with Crippen molar-refractivity contribution in [3.8, 4) is 5.75 Å². The van der Waals surface area contributed by atoms with Gasteiger partial charge in [-0.2, -0.15) is 5.10 Å². The second kappa shape index (κ2) is 8.90. The lowest BCUT2D eigenvalue weighted by Crippen LogP contribution is -2.32. The Bertz CT molecular complexity index is 875. The topological polar surface area (TPSA) is 108 Å². The van der Waals surface area contributed by atoms with Crippen LogP contribution in [0, 0.1) is 6.92 Å². The summed E-state index contributed by atoms with van der Waals surface area (Å²) >= 11 is 0. The molecule has 0 bridgehead atoms. The Morgan fingerprint density at radius 2 is 1.96 bits per heavy atom. The maximum Gasteiger partial charge on any atom is 0.248 e. The number of nitrogens with zero attached hydrogens (tertiary/aromatic N) is 3. The molecule has 2 rings (SSSR count). The van der Waals surface area contributed by atoms with Crippen LogP contribution >= 0.6 is 0 Å². The summed E-state index contributed by atoms with van der Waals surface area (Å²) in [6.07, 6.45) is 2.58. The molecule has 1 amide bonds. The number of carbonyl (C=O) groups is 1. The van der Waals surface area contributed by atoms with E-state index >= 15 is 0 Å². The minimum atomic E-state index is -3.45. The number of nitrogens with two attached hydrogens (primary N) is 1. The first kappa shape index (κ1) is 20.8. The zero-order valence-corrected chi connectivity index (χ0v) is 16.7. The molecule has 148 valence electrons. The molecule has 8 nitrogen and oxygen atoms in total. The third-order valence-electron chi connectivity index (χ3n) is 3.97. The number of benzene rings is 1. The van der Waals surface area contributed by atoms with E-state index in [4.69, 9.17) is 10.5 Å². The predicted molar refractivity (Wildman–Crippen MR) is 105 cm³/mol. The van der Waals surface area contributed by atoms with Gasteiger partial charge in [0.2, 0.25) is 15.9 Å². The molecule has 0 radical (unpaired) electrons. The fraction of sp³-hybridized carbons (Fsp3) is 0.444. The maximum atomic E-state index is 12.2. The van der Waals surface area contributed by atoms with Crippen LogP contribution in [0.3, 0.4) is 0 Å². The van der Waals surface area contributed by atoms with Gasteiger partial charge in [0.05, 0.1) is 12.9 Å². The van der Waals surface area contributed by atoms with Crippen molar-refractivity contribution in [2.45, 2.75) is 33.2 Å². The van der Waals surface area contributed by atoms with Gasteiger partial charge in [-0.15, -0.1) is 0 Å². The summed E-state index contributed by atoms with van der Waals surface area (Å²) in [5, 5.41) is 4.41. The standard InChI is InChI=1S/C18H26N4O4S/c1-4-10-21-14(2)13-17(20-21)22(27(3,24)25)11-5-12-26-16-8-6-15(7-9-16)18(19)23/h6-9,13H,4-5,10-12H2,1-3H3,(H2,19,23). The van der Waals surface area contributed by atoms with Crippen LogP contribution < -0.4 is 14.8 Å². The molecular formula is C18H26N4O4S. The SMILES string of the molecule is CCCn1nc(N(CCCOc2ccc(C(N)=O)cc2)S(C)(=O)=O)cc1C. The summed E-state index contributed by atoms with van der Waals surface area (Å²) in [6.45, 7) is 5.29. The van der Waals surface area contributed by atoms with E-state index in [0.717, 1.165) is 18.7 Å². The van der Waals surface area contributed by atoms with Gasteiger partial charge in [0.25, 0.3) is 0 Å². The van der Waals surface area contributed by atoms with Gasteiger partial charge in [-0.05, 0) is 37.6 Å². The van der Waals surface area contributed by atoms with Crippen LogP contribution in [0.4, 0.5) is 5.82 Å². The Morgan fingerprint density at radius 1 is 1.30 bits per heavy atom. The second-order valence-corrected chi connectivity index (χ2v) is 8.20. The number of anilines is 1. The van der Waals surface area contributed by atoms with E-state index in [1.807, 2.05) is 18.5 Å². The minimum Gasteiger partial charge on any atom is -0.494 e. The first-order chi connectivity index (χ1) is 12.7. The van der Waals surface area contributed by atoms with Crippen molar-refractivity contribution >= 4 is 21.7 Å². The fourth-order valence-corrected chi connectivity index (χ4v) is 3.51. The van der Waals surface area contributed by atoms with Gasteiger partial charge < -0.3 is 10.5 Å². The van der Waals surface area contributed by atoms with E-state index in [-0.39, 0.29) is 6.54 Å². The molecule has 0 spiro atoms. The maximum absolute atomic E-state index is 12.2. The summed E-state index contributed by atoms with van der Waals surface area (Å²) in [5.41, 5.74) is 6.52. The number of amides is 1. The zero-order chi connectivity index (χ0) is 20.0. The van der Waals surface area contributed by atoms with Crippen molar-refractivity contribution in [3.63, 3.8) is 0 Å². The molecule has 0 aliphatic rings. The van der Waals surface area contributed by atoms with Gasteiger partial charge in [0.1, 0.15) is 5.75 Å². The normalized spacial score (nSPS) is 11.4. The van der Waals surface area contributed by atoms with Crippen LogP contribution in [0.5, 0.6) is 5.75 Å². The molecule has 0 fully saturated rings. The number of hydrogen-bond donors (Lipinski definition) is 1. The molecule has 0 saturated carbocycles. The molecule has 0 aliphatic carbocycles. The van der Waals surface area contributed by atoms with E-state index in [1.165, 1.54) is 10.6 Å². The second-order valence-electron chi connectivity index (χ2n) is 6.29. The Morgan fingerprint density at radius 3 is 2.52 bits per heavy atom. The van der Waals surface area contributed by atoms with Gasteiger partial charge in [-0.3, -0.25) is 13.8 Å². The van der Waals surface area contributed by atoms with Crippen molar-refractivity contribution < 1.29 is 17.9 Å². The van der Waals surface area contributed by atoms with Crippen LogP contribution in [-0.4, -0.2) is 43.5 Å². The van der Waals surface area contributed by atoms with E-state index < -0.39 is 15.9 Å². The molecule has 9 heteroatoms. The Hall–Kier alpha value is -2.55. The van der Waals surface area contributed by atoms with E-state index in [0.29, 0.717) is 30.2 Å². The minimum absolute atomic E-state index is 0.265. The number of rotatable bonds is 10. The van der Waals surface area contributed by atoms with Crippen molar-refractivity contribution in [2.75, 3.05) is 23.7 Å². The largest absolute Gasteiger partial charge is 0.494 e. The van der Waals surface area contributed by atoms with Crippen molar-refractivity contribution in [2.24, 2.45) is 5.73 Å². The number of sulfonamides is 1. The van der Waals surface area contributed by atoms with Gasteiger partial charge in [-0.1, -0.05) is 6.92 Å². The molecule has 1 aromatic carbocycles. The molecule has 1 aromatic heterocycles. The molecule has 0 unspecified atom stereocenters. The van der Waals surface area contributed by atoms with Crippen LogP contribution in [0.15, 0.2) is 30.3 Å². The Balaban J connectivity index is 1.97. The molecule has 27 heavy (non-hydrogen) atoms. The van der Waals surface area contributed by atoms with Gasteiger partial charge in [0.15, 0.2) is 5.82 Å². The Labute approximate surface area is 160 Å². The monoisotopic (exact) mass is 394 g/mol. The van der Waals surface area contributed by atoms with E-state index in [1.54, 1.807) is 30.3 Å². The van der Waals surface area contributed by atoms with Crippen LogP contribution in [0.25, 0.3) is 0 Å². The Kier molecular flexibility index (Phi) is 6.84. The van der Waals surface area contributed by atoms with Crippen molar-refractivity contribution in [1.29, 1.82) is 0 Å². The highest BCUT2D eigenvalue weighted by molar-refractivity contribution is 7.92. The van der Waals surface area contributed by atoms with E-state index in [9.17, 15) is 13.2 Å². The zero-order valence-electron chi connectivity index (χ0n) is 15.9. The first-order valence-corrected chi connectivity index (χ1v) is 10.6. The number of aromatic nitrogens is 2. The van der Waals surface area contributed by atoms with Crippen LogP contribution in [0.1, 0.15) is 35.8 Å². The number of primary amides is 1. The molecule has 0 aliphatic heterocycles. The highest BCUT2D eigenvalue weighted by Crippen LogP contribution is 2.18. The quantitative estimate of drug-likeness (QED) is 0.620. The molecule has 2 N–H and O–H groups in total.